The second-order valence-electron chi connectivity index (χ2n) is 5.26. The molecule has 4 nitrogen and oxygen atoms in total. The molecule has 0 aliphatic carbocycles. The van der Waals surface area contributed by atoms with Gasteiger partial charge in [-0.2, -0.15) is 5.10 Å². The van der Waals surface area contributed by atoms with E-state index in [0.717, 1.165) is 30.4 Å². The maximum Gasteiger partial charge on any atom is 0.157 e. The lowest BCUT2D eigenvalue weighted by molar-refractivity contribution is 0.191. The Morgan fingerprint density at radius 3 is 2.89 bits per heavy atom. The standard InChI is InChI=1S/C14H19ClN4/c1-2-18-6-3-11(4-7-18)9-13-16-14-10-12(15)5-8-19(14)17-13/h5,8,10-11H,2-4,6-7,9H2,1H3. The van der Waals surface area contributed by atoms with Crippen LogP contribution in [0, 0.1) is 5.92 Å². The van der Waals surface area contributed by atoms with Crippen molar-refractivity contribution in [3.05, 3.63) is 29.2 Å². The van der Waals surface area contributed by atoms with E-state index in [1.54, 1.807) is 0 Å². The zero-order valence-electron chi connectivity index (χ0n) is 11.2. The van der Waals surface area contributed by atoms with Crippen molar-refractivity contribution in [1.82, 2.24) is 19.5 Å². The molecule has 0 radical (unpaired) electrons. The highest BCUT2D eigenvalue weighted by Crippen LogP contribution is 2.20. The number of hydrogen-bond donors (Lipinski definition) is 0. The lowest BCUT2D eigenvalue weighted by Gasteiger charge is -2.30. The van der Waals surface area contributed by atoms with E-state index in [0.29, 0.717) is 5.02 Å². The first-order valence-electron chi connectivity index (χ1n) is 6.98. The van der Waals surface area contributed by atoms with Gasteiger partial charge in [0.2, 0.25) is 0 Å². The van der Waals surface area contributed by atoms with Crippen molar-refractivity contribution in [2.75, 3.05) is 19.6 Å². The number of halogens is 1. The maximum absolute atomic E-state index is 5.97. The second-order valence-corrected chi connectivity index (χ2v) is 5.69. The summed E-state index contributed by atoms with van der Waals surface area (Å²) < 4.78 is 1.81. The normalized spacial score (nSPS) is 18.2. The fraction of sp³-hybridized carbons (Fsp3) is 0.571. The lowest BCUT2D eigenvalue weighted by Crippen LogP contribution is -2.34. The minimum atomic E-state index is 0.711. The van der Waals surface area contributed by atoms with Gasteiger partial charge in [-0.3, -0.25) is 0 Å². The van der Waals surface area contributed by atoms with E-state index in [1.165, 1.54) is 25.9 Å². The Balaban J connectivity index is 1.68. The highest BCUT2D eigenvalue weighted by atomic mass is 35.5. The predicted molar refractivity (Wildman–Crippen MR) is 76.5 cm³/mol. The lowest BCUT2D eigenvalue weighted by atomic mass is 9.93. The first kappa shape index (κ1) is 12.9. The summed E-state index contributed by atoms with van der Waals surface area (Å²) >= 11 is 5.97. The number of piperidine rings is 1. The molecule has 2 aromatic rings. The number of aromatic nitrogens is 3. The molecule has 1 saturated heterocycles. The van der Waals surface area contributed by atoms with Crippen molar-refractivity contribution in [3.8, 4) is 0 Å². The van der Waals surface area contributed by atoms with Crippen LogP contribution in [0.2, 0.25) is 5.02 Å². The molecule has 3 rings (SSSR count). The molecule has 102 valence electrons. The molecule has 0 aromatic carbocycles. The number of rotatable bonds is 3. The molecular formula is C14H19ClN4. The molecule has 0 amide bonds. The van der Waals surface area contributed by atoms with Crippen molar-refractivity contribution in [2.24, 2.45) is 5.92 Å². The van der Waals surface area contributed by atoms with Gasteiger partial charge in [-0.1, -0.05) is 18.5 Å². The Morgan fingerprint density at radius 1 is 1.37 bits per heavy atom. The third kappa shape index (κ3) is 2.90. The molecule has 1 aliphatic rings. The Bertz CT molecular complexity index is 558. The smallest absolute Gasteiger partial charge is 0.157 e. The topological polar surface area (TPSA) is 33.4 Å². The maximum atomic E-state index is 5.97. The molecule has 0 unspecified atom stereocenters. The SMILES string of the molecule is CCN1CCC(Cc2nc3cc(Cl)ccn3n2)CC1. The van der Waals surface area contributed by atoms with Crippen LogP contribution in [0.4, 0.5) is 0 Å². The fourth-order valence-electron chi connectivity index (χ4n) is 2.75. The number of fused-ring (bicyclic) bond motifs is 1. The molecule has 0 saturated carbocycles. The van der Waals surface area contributed by atoms with E-state index in [2.05, 4.69) is 21.9 Å². The van der Waals surface area contributed by atoms with Gasteiger partial charge in [-0.25, -0.2) is 9.50 Å². The summed E-state index contributed by atoms with van der Waals surface area (Å²) in [7, 11) is 0. The number of nitrogens with zero attached hydrogens (tertiary/aromatic N) is 4. The van der Waals surface area contributed by atoms with Crippen LogP contribution in [0.25, 0.3) is 5.65 Å². The first-order valence-corrected chi connectivity index (χ1v) is 7.35. The molecule has 2 aromatic heterocycles. The van der Waals surface area contributed by atoms with Crippen molar-refractivity contribution in [2.45, 2.75) is 26.2 Å². The van der Waals surface area contributed by atoms with E-state index in [9.17, 15) is 0 Å². The molecule has 1 fully saturated rings. The van der Waals surface area contributed by atoms with Crippen molar-refractivity contribution < 1.29 is 0 Å². The minimum absolute atomic E-state index is 0.711. The van der Waals surface area contributed by atoms with E-state index < -0.39 is 0 Å². The van der Waals surface area contributed by atoms with Crippen molar-refractivity contribution in [3.63, 3.8) is 0 Å². The zero-order chi connectivity index (χ0) is 13.2. The zero-order valence-corrected chi connectivity index (χ0v) is 12.0. The van der Waals surface area contributed by atoms with Crippen LogP contribution in [-0.2, 0) is 6.42 Å². The molecule has 1 aliphatic heterocycles. The summed E-state index contributed by atoms with van der Waals surface area (Å²) in [5.74, 6) is 1.66. The Morgan fingerprint density at radius 2 is 2.16 bits per heavy atom. The monoisotopic (exact) mass is 278 g/mol. The molecule has 5 heteroatoms. The summed E-state index contributed by atoms with van der Waals surface area (Å²) in [5.41, 5.74) is 0.841. The van der Waals surface area contributed by atoms with E-state index >= 15 is 0 Å². The summed E-state index contributed by atoms with van der Waals surface area (Å²) in [5, 5.41) is 5.23. The second kappa shape index (κ2) is 5.47. The van der Waals surface area contributed by atoms with Gasteiger partial charge < -0.3 is 4.90 Å². The van der Waals surface area contributed by atoms with E-state index in [1.807, 2.05) is 22.8 Å². The van der Waals surface area contributed by atoms with E-state index in [-0.39, 0.29) is 0 Å². The predicted octanol–water partition coefficient (Wildman–Crippen LogP) is 2.66. The average molecular weight is 279 g/mol. The van der Waals surface area contributed by atoms with Crippen molar-refractivity contribution >= 4 is 17.2 Å². The van der Waals surface area contributed by atoms with Gasteiger partial charge in [0.1, 0.15) is 0 Å². The Kier molecular flexibility index (Phi) is 3.71. The van der Waals surface area contributed by atoms with Gasteiger partial charge in [0.25, 0.3) is 0 Å². The van der Waals surface area contributed by atoms with Gasteiger partial charge in [0.15, 0.2) is 11.5 Å². The average Bonchev–Trinajstić information content (AvgIpc) is 2.81. The highest BCUT2D eigenvalue weighted by molar-refractivity contribution is 6.30. The van der Waals surface area contributed by atoms with Crippen LogP contribution in [-0.4, -0.2) is 39.1 Å². The van der Waals surface area contributed by atoms with Crippen LogP contribution in [0.15, 0.2) is 18.3 Å². The van der Waals surface area contributed by atoms with E-state index in [4.69, 9.17) is 11.6 Å². The van der Waals surface area contributed by atoms with Gasteiger partial charge in [-0.15, -0.1) is 0 Å². The minimum Gasteiger partial charge on any atom is -0.304 e. The number of likely N-dealkylation sites (tertiary alicyclic amines) is 1. The molecule has 3 heterocycles. The highest BCUT2D eigenvalue weighted by Gasteiger charge is 2.20. The quantitative estimate of drug-likeness (QED) is 0.865. The molecular weight excluding hydrogens is 260 g/mol. The third-order valence-corrected chi connectivity index (χ3v) is 4.20. The van der Waals surface area contributed by atoms with Crippen molar-refractivity contribution in [1.29, 1.82) is 0 Å². The van der Waals surface area contributed by atoms with Gasteiger partial charge in [0.05, 0.1) is 0 Å². The van der Waals surface area contributed by atoms with Gasteiger partial charge in [0, 0.05) is 23.7 Å². The summed E-state index contributed by atoms with van der Waals surface area (Å²) in [4.78, 5) is 7.07. The summed E-state index contributed by atoms with van der Waals surface area (Å²) in [6.45, 7) is 5.81. The van der Waals surface area contributed by atoms with Crippen LogP contribution in [0.3, 0.4) is 0 Å². The molecule has 0 bridgehead atoms. The molecule has 19 heavy (non-hydrogen) atoms. The van der Waals surface area contributed by atoms with Crippen LogP contribution in [0.5, 0.6) is 0 Å². The number of hydrogen-bond acceptors (Lipinski definition) is 3. The Labute approximate surface area is 118 Å². The number of pyridine rings is 1. The molecule has 0 spiro atoms. The van der Waals surface area contributed by atoms with Crippen LogP contribution in [0.1, 0.15) is 25.6 Å². The van der Waals surface area contributed by atoms with Gasteiger partial charge >= 0.3 is 0 Å². The van der Waals surface area contributed by atoms with Crippen LogP contribution >= 0.6 is 11.6 Å². The molecule has 0 atom stereocenters. The summed E-state index contributed by atoms with van der Waals surface area (Å²) in [6, 6.07) is 3.70. The third-order valence-electron chi connectivity index (χ3n) is 3.97. The first-order chi connectivity index (χ1) is 9.24. The fourth-order valence-corrected chi connectivity index (χ4v) is 2.91. The summed E-state index contributed by atoms with van der Waals surface area (Å²) in [6.07, 6.45) is 5.36. The Hall–Kier alpha value is -1.13. The van der Waals surface area contributed by atoms with Gasteiger partial charge in [-0.05, 0) is 44.5 Å². The van der Waals surface area contributed by atoms with Crippen LogP contribution < -0.4 is 0 Å². The molecule has 0 N–H and O–H groups in total. The largest absolute Gasteiger partial charge is 0.304 e.